The normalized spacial score (nSPS) is 16.8. The summed E-state index contributed by atoms with van der Waals surface area (Å²) in [5, 5.41) is 6.11. The molecule has 4 nitrogen and oxygen atoms in total. The highest BCUT2D eigenvalue weighted by atomic mass is 16.1. The van der Waals surface area contributed by atoms with Crippen LogP contribution in [0.1, 0.15) is 35.3 Å². The molecule has 0 radical (unpaired) electrons. The van der Waals surface area contributed by atoms with Crippen LogP contribution in [0, 0.1) is 0 Å². The lowest BCUT2D eigenvalue weighted by Gasteiger charge is -2.35. The van der Waals surface area contributed by atoms with Crippen molar-refractivity contribution in [2.75, 3.05) is 5.32 Å². The summed E-state index contributed by atoms with van der Waals surface area (Å²) < 4.78 is 0. The molecule has 3 rings (SSSR count). The van der Waals surface area contributed by atoms with Crippen LogP contribution in [0.25, 0.3) is 5.70 Å². The molecule has 0 spiro atoms. The van der Waals surface area contributed by atoms with Crippen LogP contribution in [0.2, 0.25) is 0 Å². The molecule has 0 aliphatic carbocycles. The maximum absolute atomic E-state index is 12.6. The quantitative estimate of drug-likeness (QED) is 0.516. The van der Waals surface area contributed by atoms with E-state index in [0.717, 1.165) is 23.2 Å². The zero-order valence-electron chi connectivity index (χ0n) is 13.8. The third kappa shape index (κ3) is 3.38. The first-order valence-corrected chi connectivity index (χ1v) is 7.91. The van der Waals surface area contributed by atoms with E-state index in [1.807, 2.05) is 36.4 Å². The maximum atomic E-state index is 12.6. The standard InChI is InChI=1S/C20H20N2O2/c1-20(2)12-15-8-9-16(21-13-23)10-17(15)18(22-20)11-19(24)14-6-4-3-5-7-14/h3-11,13,22H,12H2,1-2H3,(H,21,23). The molecule has 122 valence electrons. The summed E-state index contributed by atoms with van der Waals surface area (Å²) in [6.07, 6.45) is 3.14. The van der Waals surface area contributed by atoms with Crippen LogP contribution in [0.15, 0.2) is 54.6 Å². The Balaban J connectivity index is 2.04. The molecule has 1 amide bonds. The summed E-state index contributed by atoms with van der Waals surface area (Å²) in [6.45, 7) is 4.21. The highest BCUT2D eigenvalue weighted by molar-refractivity contribution is 6.08. The molecule has 1 heterocycles. The largest absolute Gasteiger partial charge is 0.379 e. The fraction of sp³-hybridized carbons (Fsp3) is 0.200. The van der Waals surface area contributed by atoms with Crippen molar-refractivity contribution in [2.45, 2.75) is 25.8 Å². The number of fused-ring (bicyclic) bond motifs is 1. The van der Waals surface area contributed by atoms with E-state index in [-0.39, 0.29) is 11.3 Å². The first-order valence-electron chi connectivity index (χ1n) is 7.91. The second kappa shape index (κ2) is 6.32. The Hall–Kier alpha value is -2.88. The molecular weight excluding hydrogens is 300 g/mol. The number of hydrogen-bond acceptors (Lipinski definition) is 3. The van der Waals surface area contributed by atoms with E-state index in [0.29, 0.717) is 17.7 Å². The second-order valence-electron chi connectivity index (χ2n) is 6.61. The van der Waals surface area contributed by atoms with Gasteiger partial charge in [0.25, 0.3) is 0 Å². The minimum atomic E-state index is -0.143. The minimum Gasteiger partial charge on any atom is -0.379 e. The Bertz CT molecular complexity index is 808. The minimum absolute atomic E-state index is 0.0458. The van der Waals surface area contributed by atoms with Gasteiger partial charge >= 0.3 is 0 Å². The Labute approximate surface area is 141 Å². The molecule has 1 aliphatic heterocycles. The predicted octanol–water partition coefficient (Wildman–Crippen LogP) is 3.40. The van der Waals surface area contributed by atoms with Gasteiger partial charge in [0.15, 0.2) is 5.78 Å². The maximum Gasteiger partial charge on any atom is 0.211 e. The molecule has 0 aromatic heterocycles. The lowest BCUT2D eigenvalue weighted by atomic mass is 9.85. The Kier molecular flexibility index (Phi) is 4.21. The first-order chi connectivity index (χ1) is 11.5. The van der Waals surface area contributed by atoms with Crippen LogP contribution >= 0.6 is 0 Å². The molecule has 0 saturated carbocycles. The van der Waals surface area contributed by atoms with Gasteiger partial charge in [-0.1, -0.05) is 36.4 Å². The summed E-state index contributed by atoms with van der Waals surface area (Å²) >= 11 is 0. The summed E-state index contributed by atoms with van der Waals surface area (Å²) in [4.78, 5) is 23.3. The fourth-order valence-corrected chi connectivity index (χ4v) is 3.02. The number of anilines is 1. The van der Waals surface area contributed by atoms with Gasteiger partial charge in [0, 0.05) is 34.1 Å². The van der Waals surface area contributed by atoms with Crippen molar-refractivity contribution in [3.8, 4) is 0 Å². The van der Waals surface area contributed by atoms with Crippen molar-refractivity contribution in [1.82, 2.24) is 5.32 Å². The van der Waals surface area contributed by atoms with E-state index in [1.54, 1.807) is 18.2 Å². The van der Waals surface area contributed by atoms with Gasteiger partial charge in [-0.2, -0.15) is 0 Å². The van der Waals surface area contributed by atoms with Crippen LogP contribution in [0.5, 0.6) is 0 Å². The molecule has 0 bridgehead atoms. The van der Waals surface area contributed by atoms with Crippen LogP contribution in [0.4, 0.5) is 5.69 Å². The highest BCUT2D eigenvalue weighted by Crippen LogP contribution is 2.31. The van der Waals surface area contributed by atoms with Crippen molar-refractivity contribution in [2.24, 2.45) is 0 Å². The Morgan fingerprint density at radius 2 is 1.92 bits per heavy atom. The van der Waals surface area contributed by atoms with Gasteiger partial charge < -0.3 is 10.6 Å². The van der Waals surface area contributed by atoms with E-state index in [2.05, 4.69) is 24.5 Å². The van der Waals surface area contributed by atoms with E-state index >= 15 is 0 Å². The number of benzene rings is 2. The van der Waals surface area contributed by atoms with Crippen molar-refractivity contribution < 1.29 is 9.59 Å². The van der Waals surface area contributed by atoms with Gasteiger partial charge in [-0.15, -0.1) is 0 Å². The zero-order chi connectivity index (χ0) is 17.2. The van der Waals surface area contributed by atoms with E-state index in [4.69, 9.17) is 0 Å². The lowest BCUT2D eigenvalue weighted by Crippen LogP contribution is -2.43. The lowest BCUT2D eigenvalue weighted by molar-refractivity contribution is -0.105. The molecule has 24 heavy (non-hydrogen) atoms. The van der Waals surface area contributed by atoms with E-state index < -0.39 is 0 Å². The number of ketones is 1. The third-order valence-corrected chi connectivity index (χ3v) is 4.06. The molecule has 2 N–H and O–H groups in total. The van der Waals surface area contributed by atoms with Gasteiger partial charge in [-0.05, 0) is 38.0 Å². The van der Waals surface area contributed by atoms with Crippen molar-refractivity contribution in [3.63, 3.8) is 0 Å². The monoisotopic (exact) mass is 320 g/mol. The third-order valence-electron chi connectivity index (χ3n) is 4.06. The topological polar surface area (TPSA) is 58.2 Å². The first kappa shape index (κ1) is 16.0. The van der Waals surface area contributed by atoms with Crippen molar-refractivity contribution in [1.29, 1.82) is 0 Å². The molecular formula is C20H20N2O2. The van der Waals surface area contributed by atoms with Gasteiger partial charge in [0.2, 0.25) is 6.41 Å². The smallest absolute Gasteiger partial charge is 0.211 e. The average molecular weight is 320 g/mol. The van der Waals surface area contributed by atoms with Crippen LogP contribution in [0.3, 0.4) is 0 Å². The average Bonchev–Trinajstić information content (AvgIpc) is 2.55. The van der Waals surface area contributed by atoms with Crippen LogP contribution in [-0.4, -0.2) is 17.7 Å². The van der Waals surface area contributed by atoms with Gasteiger partial charge in [0.1, 0.15) is 0 Å². The molecule has 0 atom stereocenters. The van der Waals surface area contributed by atoms with Crippen molar-refractivity contribution >= 4 is 23.6 Å². The van der Waals surface area contributed by atoms with Crippen LogP contribution < -0.4 is 10.6 Å². The number of nitrogens with one attached hydrogen (secondary N) is 2. The molecule has 0 saturated heterocycles. The highest BCUT2D eigenvalue weighted by Gasteiger charge is 2.28. The summed E-state index contributed by atoms with van der Waals surface area (Å²) in [5.41, 5.74) is 4.11. The van der Waals surface area contributed by atoms with E-state index in [1.165, 1.54) is 0 Å². The molecule has 0 unspecified atom stereocenters. The summed E-state index contributed by atoms with van der Waals surface area (Å²) in [5.74, 6) is -0.0458. The Morgan fingerprint density at radius 1 is 1.17 bits per heavy atom. The summed E-state index contributed by atoms with van der Waals surface area (Å²) in [7, 11) is 0. The number of hydrogen-bond donors (Lipinski definition) is 2. The molecule has 1 aliphatic rings. The zero-order valence-corrected chi connectivity index (χ0v) is 13.8. The number of carbonyl (C=O) groups excluding carboxylic acids is 2. The fourth-order valence-electron chi connectivity index (χ4n) is 3.02. The summed E-state index contributed by atoms with van der Waals surface area (Å²) in [6, 6.07) is 15.0. The van der Waals surface area contributed by atoms with Gasteiger partial charge in [0.05, 0.1) is 0 Å². The van der Waals surface area contributed by atoms with Crippen molar-refractivity contribution in [3.05, 3.63) is 71.3 Å². The number of carbonyl (C=O) groups is 2. The molecule has 2 aromatic rings. The Morgan fingerprint density at radius 3 is 2.62 bits per heavy atom. The molecule has 2 aromatic carbocycles. The second-order valence-corrected chi connectivity index (χ2v) is 6.61. The number of amides is 1. The van der Waals surface area contributed by atoms with Gasteiger partial charge in [-0.3, -0.25) is 9.59 Å². The molecule has 4 heteroatoms. The number of allylic oxidation sites excluding steroid dienone is 1. The SMILES string of the molecule is CC1(C)Cc2ccc(NC=O)cc2C(=CC(=O)c2ccccc2)N1. The van der Waals surface area contributed by atoms with Crippen LogP contribution in [-0.2, 0) is 11.2 Å². The van der Waals surface area contributed by atoms with E-state index in [9.17, 15) is 9.59 Å². The molecule has 0 fully saturated rings. The predicted molar refractivity (Wildman–Crippen MR) is 95.8 cm³/mol. The van der Waals surface area contributed by atoms with Gasteiger partial charge in [-0.25, -0.2) is 0 Å². The number of rotatable bonds is 4.